The van der Waals surface area contributed by atoms with Crippen molar-refractivity contribution in [3.8, 4) is 33.4 Å². The van der Waals surface area contributed by atoms with E-state index in [2.05, 4.69) is 201 Å². The van der Waals surface area contributed by atoms with Gasteiger partial charge in [0, 0.05) is 38.6 Å². The van der Waals surface area contributed by atoms with E-state index in [0.29, 0.717) is 0 Å². The molecular formula is C52H33N5. The van der Waals surface area contributed by atoms with Crippen molar-refractivity contribution in [3.05, 3.63) is 201 Å². The minimum Gasteiger partial charge on any atom is -0.310 e. The van der Waals surface area contributed by atoms with E-state index < -0.39 is 0 Å². The number of nitrogens with zero attached hydrogens (tertiary/aromatic N) is 5. The lowest BCUT2D eigenvalue weighted by Gasteiger charge is -2.26. The van der Waals surface area contributed by atoms with E-state index >= 15 is 0 Å². The van der Waals surface area contributed by atoms with Gasteiger partial charge in [0.05, 0.1) is 24.8 Å². The van der Waals surface area contributed by atoms with E-state index in [4.69, 9.17) is 0 Å². The molecule has 11 aromatic rings. The molecule has 0 atom stereocenters. The molecule has 0 saturated heterocycles. The summed E-state index contributed by atoms with van der Waals surface area (Å²) in [4.78, 5) is 2.34. The number of rotatable bonds is 6. The molecule has 0 saturated carbocycles. The molecule has 0 radical (unpaired) electrons. The maximum Gasteiger partial charge on any atom is 0.0580 e. The fourth-order valence-electron chi connectivity index (χ4n) is 8.33. The van der Waals surface area contributed by atoms with Crippen LogP contribution in [0.1, 0.15) is 0 Å². The highest BCUT2D eigenvalue weighted by atomic mass is 15.1. The van der Waals surface area contributed by atoms with Crippen LogP contribution in [0.25, 0.3) is 87.2 Å². The monoisotopic (exact) mass is 727 g/mol. The van der Waals surface area contributed by atoms with E-state index in [-0.39, 0.29) is 0 Å². The van der Waals surface area contributed by atoms with Gasteiger partial charge >= 0.3 is 0 Å². The molecule has 57 heavy (non-hydrogen) atoms. The zero-order valence-corrected chi connectivity index (χ0v) is 30.8. The zero-order valence-electron chi connectivity index (χ0n) is 30.8. The second-order valence-corrected chi connectivity index (χ2v) is 14.5. The molecule has 2 heterocycles. The van der Waals surface area contributed by atoms with Crippen LogP contribution in [0.4, 0.5) is 17.1 Å². The van der Waals surface area contributed by atoms with Gasteiger partial charge in [-0.05, 0) is 114 Å². The predicted octanol–water partition coefficient (Wildman–Crippen LogP) is 13.5. The predicted molar refractivity (Wildman–Crippen MR) is 236 cm³/mol. The Kier molecular flexibility index (Phi) is 7.74. The Morgan fingerprint density at radius 3 is 1.32 bits per heavy atom. The average Bonchev–Trinajstić information content (AvgIpc) is 3.29. The van der Waals surface area contributed by atoms with Crippen molar-refractivity contribution in [2.75, 3.05) is 4.90 Å². The highest BCUT2D eigenvalue weighted by molar-refractivity contribution is 6.10. The highest BCUT2D eigenvalue weighted by Gasteiger charge is 2.16. The summed E-state index contributed by atoms with van der Waals surface area (Å²) in [5.41, 5.74) is 10.2. The number of aromatic nitrogens is 4. The minimum atomic E-state index is 1.06. The summed E-state index contributed by atoms with van der Waals surface area (Å²) in [7, 11) is 0. The molecule has 5 nitrogen and oxygen atoms in total. The number of hydrogen-bond acceptors (Lipinski definition) is 5. The maximum atomic E-state index is 4.18. The number of hydrogen-bond donors (Lipinski definition) is 0. The van der Waals surface area contributed by atoms with E-state index in [0.717, 1.165) is 60.9 Å². The molecule has 0 aliphatic carbocycles. The molecule has 11 rings (SSSR count). The molecule has 266 valence electrons. The summed E-state index contributed by atoms with van der Waals surface area (Å²) < 4.78 is 0. The lowest BCUT2D eigenvalue weighted by molar-refractivity contribution is 1.05. The van der Waals surface area contributed by atoms with Crippen LogP contribution in [0.3, 0.4) is 0 Å². The van der Waals surface area contributed by atoms with Crippen LogP contribution in [0.5, 0.6) is 0 Å². The molecule has 0 aliphatic heterocycles. The lowest BCUT2D eigenvalue weighted by Crippen LogP contribution is -2.10. The van der Waals surface area contributed by atoms with Crippen LogP contribution >= 0.6 is 0 Å². The van der Waals surface area contributed by atoms with Crippen molar-refractivity contribution in [2.45, 2.75) is 0 Å². The number of fused-ring (bicyclic) bond motifs is 6. The summed E-state index contributed by atoms with van der Waals surface area (Å²) >= 11 is 0. The Labute approximate surface area is 329 Å². The Balaban J connectivity index is 1.00. The first-order valence-corrected chi connectivity index (χ1v) is 19.1. The van der Waals surface area contributed by atoms with Crippen LogP contribution in [0, 0.1) is 0 Å². The van der Waals surface area contributed by atoms with Gasteiger partial charge in [-0.15, -0.1) is 0 Å². The van der Waals surface area contributed by atoms with Crippen molar-refractivity contribution in [2.24, 2.45) is 0 Å². The van der Waals surface area contributed by atoms with E-state index in [1.165, 1.54) is 43.4 Å². The maximum absolute atomic E-state index is 4.18. The molecule has 9 aromatic carbocycles. The zero-order chi connectivity index (χ0) is 37.7. The van der Waals surface area contributed by atoms with Crippen LogP contribution in [-0.2, 0) is 0 Å². The summed E-state index contributed by atoms with van der Waals surface area (Å²) in [6.07, 6.45) is 7.32. The standard InChI is InChI=1S/C52H33N5/c1-2-6-37-27-38(12-11-34(37)5-1)39-19-25-49-40(28-39)13-14-41-29-46(24-26-50(41)49)57(44-20-15-35(16-21-44)47-9-3-7-42-30-53-55-32-51(42)47)45-22-17-36(18-23-45)48-10-4-8-43-31-54-56-33-52(43)48/h1-33H. The van der Waals surface area contributed by atoms with Gasteiger partial charge in [0.2, 0.25) is 0 Å². The van der Waals surface area contributed by atoms with Crippen LogP contribution in [0.15, 0.2) is 201 Å². The van der Waals surface area contributed by atoms with Crippen LogP contribution in [0.2, 0.25) is 0 Å². The quantitative estimate of drug-likeness (QED) is 0.160. The van der Waals surface area contributed by atoms with Crippen molar-refractivity contribution >= 4 is 70.9 Å². The van der Waals surface area contributed by atoms with Crippen LogP contribution < -0.4 is 4.90 Å². The van der Waals surface area contributed by atoms with Gasteiger partial charge in [-0.1, -0.05) is 127 Å². The van der Waals surface area contributed by atoms with Crippen molar-refractivity contribution in [1.29, 1.82) is 0 Å². The van der Waals surface area contributed by atoms with Gasteiger partial charge in [0.15, 0.2) is 0 Å². The summed E-state index contributed by atoms with van der Waals surface area (Å²) in [5.74, 6) is 0. The Hall–Kier alpha value is -7.76. The van der Waals surface area contributed by atoms with Gasteiger partial charge in [-0.3, -0.25) is 0 Å². The molecule has 5 heteroatoms. The Morgan fingerprint density at radius 2 is 0.702 bits per heavy atom. The molecule has 0 aliphatic rings. The number of benzene rings is 9. The second kappa shape index (κ2) is 13.5. The van der Waals surface area contributed by atoms with Gasteiger partial charge in [0.25, 0.3) is 0 Å². The molecular weight excluding hydrogens is 695 g/mol. The largest absolute Gasteiger partial charge is 0.310 e. The minimum absolute atomic E-state index is 1.06. The summed E-state index contributed by atoms with van der Waals surface area (Å²) in [6.45, 7) is 0. The van der Waals surface area contributed by atoms with E-state index in [1.54, 1.807) is 0 Å². The third-order valence-corrected chi connectivity index (χ3v) is 11.2. The number of anilines is 3. The normalized spacial score (nSPS) is 11.5. The molecule has 0 fully saturated rings. The first kappa shape index (κ1) is 32.7. The fourth-order valence-corrected chi connectivity index (χ4v) is 8.33. The molecule has 0 bridgehead atoms. The summed E-state index contributed by atoms with van der Waals surface area (Å²) in [5, 5.41) is 28.2. The van der Waals surface area contributed by atoms with Crippen molar-refractivity contribution in [3.63, 3.8) is 0 Å². The van der Waals surface area contributed by atoms with Crippen molar-refractivity contribution < 1.29 is 0 Å². The summed E-state index contributed by atoms with van der Waals surface area (Å²) in [6, 6.07) is 63.6. The Morgan fingerprint density at radius 1 is 0.263 bits per heavy atom. The van der Waals surface area contributed by atoms with Crippen molar-refractivity contribution in [1.82, 2.24) is 20.4 Å². The lowest BCUT2D eigenvalue weighted by atomic mass is 9.96. The van der Waals surface area contributed by atoms with E-state index in [9.17, 15) is 0 Å². The molecule has 0 spiro atoms. The first-order chi connectivity index (χ1) is 28.2. The molecule has 0 N–H and O–H groups in total. The smallest absolute Gasteiger partial charge is 0.0580 e. The topological polar surface area (TPSA) is 54.8 Å². The molecule has 2 aromatic heterocycles. The second-order valence-electron chi connectivity index (χ2n) is 14.5. The SMILES string of the molecule is c1ccc2cc(-c3ccc4c(ccc5cc(N(c6ccc(-c7cccc8cnncc78)cc6)c6ccc(-c7cccc8cnncc78)cc6)ccc54)c3)ccc2c1. The molecule has 0 unspecified atom stereocenters. The van der Waals surface area contributed by atoms with Crippen LogP contribution in [-0.4, -0.2) is 20.4 Å². The fraction of sp³-hybridized carbons (Fsp3) is 0. The van der Waals surface area contributed by atoms with E-state index in [1.807, 2.05) is 24.8 Å². The van der Waals surface area contributed by atoms with Gasteiger partial charge in [-0.25, -0.2) is 0 Å². The third kappa shape index (κ3) is 5.81. The third-order valence-electron chi connectivity index (χ3n) is 11.2. The average molecular weight is 728 g/mol. The Bertz CT molecular complexity index is 3170. The van der Waals surface area contributed by atoms with Gasteiger partial charge in [-0.2, -0.15) is 20.4 Å². The highest BCUT2D eigenvalue weighted by Crippen LogP contribution is 2.40. The first-order valence-electron chi connectivity index (χ1n) is 19.1. The molecule has 0 amide bonds. The van der Waals surface area contributed by atoms with Gasteiger partial charge < -0.3 is 4.90 Å². The van der Waals surface area contributed by atoms with Gasteiger partial charge in [0.1, 0.15) is 0 Å².